The van der Waals surface area contributed by atoms with Gasteiger partial charge in [-0.05, 0) is 30.5 Å². The Bertz CT molecular complexity index is 1350. The van der Waals surface area contributed by atoms with Crippen LogP contribution in [0.1, 0.15) is 37.1 Å². The molecule has 6 rings (SSSR count). The van der Waals surface area contributed by atoms with Gasteiger partial charge in [0.15, 0.2) is 0 Å². The van der Waals surface area contributed by atoms with Gasteiger partial charge >= 0.3 is 0 Å². The van der Waals surface area contributed by atoms with Crippen LogP contribution in [0.2, 0.25) is 0 Å². The largest absolute Gasteiger partial charge is 0.342 e. The van der Waals surface area contributed by atoms with E-state index in [-0.39, 0.29) is 11.9 Å². The summed E-state index contributed by atoms with van der Waals surface area (Å²) in [6.45, 7) is 4.40. The average Bonchev–Trinajstić information content (AvgIpc) is 3.55. The first-order chi connectivity index (χ1) is 15.7. The lowest BCUT2D eigenvalue weighted by Gasteiger charge is -2.38. The van der Waals surface area contributed by atoms with Crippen LogP contribution in [0.3, 0.4) is 0 Å². The molecule has 0 N–H and O–H groups in total. The highest BCUT2D eigenvalue weighted by Crippen LogP contribution is 2.35. The number of amides is 1. The molecule has 0 unspecified atom stereocenters. The third-order valence-corrected chi connectivity index (χ3v) is 7.05. The highest BCUT2D eigenvalue weighted by atomic mass is 16.2. The number of carbonyl (C=O) groups excluding carboxylic acids is 1. The van der Waals surface area contributed by atoms with Crippen molar-refractivity contribution in [2.24, 2.45) is 5.92 Å². The molecule has 1 amide bonds. The number of pyridine rings is 1. The number of aromatic nitrogens is 5. The SMILES string of the molecule is C[C@@H]1CCN(C(=O)CCn2nnc3ccccc32)C[C@@H]1n1ccc2cnc3c(c21)C=CC3. The minimum absolute atomic E-state index is 0.185. The Labute approximate surface area is 186 Å². The summed E-state index contributed by atoms with van der Waals surface area (Å²) in [5, 5.41) is 9.59. The molecule has 3 aromatic heterocycles. The van der Waals surface area contributed by atoms with Crippen LogP contribution >= 0.6 is 0 Å². The molecule has 1 aliphatic heterocycles. The third kappa shape index (κ3) is 3.11. The monoisotopic (exact) mass is 426 g/mol. The van der Waals surface area contributed by atoms with Crippen LogP contribution in [0, 0.1) is 5.92 Å². The van der Waals surface area contributed by atoms with E-state index in [2.05, 4.69) is 51.2 Å². The number of fused-ring (bicyclic) bond motifs is 4. The average molecular weight is 427 g/mol. The molecule has 0 radical (unpaired) electrons. The first-order valence-corrected chi connectivity index (χ1v) is 11.4. The summed E-state index contributed by atoms with van der Waals surface area (Å²) in [7, 11) is 0. The zero-order valence-electron chi connectivity index (χ0n) is 18.2. The van der Waals surface area contributed by atoms with Crippen LogP contribution in [0.4, 0.5) is 0 Å². The third-order valence-electron chi connectivity index (χ3n) is 7.05. The van der Waals surface area contributed by atoms with E-state index in [0.29, 0.717) is 18.9 Å². The summed E-state index contributed by atoms with van der Waals surface area (Å²) in [5.41, 5.74) is 5.47. The molecule has 2 aliphatic rings. The first-order valence-electron chi connectivity index (χ1n) is 11.4. The predicted molar refractivity (Wildman–Crippen MR) is 124 cm³/mol. The molecule has 1 aliphatic carbocycles. The summed E-state index contributed by atoms with van der Waals surface area (Å²) in [6, 6.07) is 10.3. The number of hydrogen-bond donors (Lipinski definition) is 0. The van der Waals surface area contributed by atoms with Crippen LogP contribution < -0.4 is 0 Å². The van der Waals surface area contributed by atoms with E-state index in [1.165, 1.54) is 16.5 Å². The molecule has 0 bridgehead atoms. The number of carbonyl (C=O) groups is 1. The number of aryl methyl sites for hydroxylation is 1. The summed E-state index contributed by atoms with van der Waals surface area (Å²) < 4.78 is 4.22. The molecule has 1 aromatic carbocycles. The first kappa shape index (κ1) is 19.2. The number of para-hydroxylation sites is 1. The van der Waals surface area contributed by atoms with E-state index in [1.54, 1.807) is 0 Å². The van der Waals surface area contributed by atoms with Crippen LogP contribution in [-0.2, 0) is 17.8 Å². The number of benzene rings is 1. The van der Waals surface area contributed by atoms with E-state index in [4.69, 9.17) is 0 Å². The minimum Gasteiger partial charge on any atom is -0.342 e. The van der Waals surface area contributed by atoms with Crippen molar-refractivity contribution in [2.45, 2.75) is 38.8 Å². The maximum absolute atomic E-state index is 13.1. The van der Waals surface area contributed by atoms with Gasteiger partial charge in [-0.3, -0.25) is 9.78 Å². The van der Waals surface area contributed by atoms with Crippen molar-refractivity contribution < 1.29 is 4.79 Å². The molecule has 32 heavy (non-hydrogen) atoms. The lowest BCUT2D eigenvalue weighted by molar-refractivity contribution is -0.133. The van der Waals surface area contributed by atoms with E-state index < -0.39 is 0 Å². The quantitative estimate of drug-likeness (QED) is 0.497. The van der Waals surface area contributed by atoms with E-state index in [0.717, 1.165) is 42.7 Å². The van der Waals surface area contributed by atoms with Gasteiger partial charge < -0.3 is 9.47 Å². The second kappa shape index (κ2) is 7.58. The second-order valence-corrected chi connectivity index (χ2v) is 8.98. The Morgan fingerprint density at radius 2 is 2.12 bits per heavy atom. The van der Waals surface area contributed by atoms with Crippen molar-refractivity contribution in [3.63, 3.8) is 0 Å². The number of rotatable bonds is 4. The van der Waals surface area contributed by atoms with Crippen molar-refractivity contribution in [3.8, 4) is 0 Å². The van der Waals surface area contributed by atoms with Gasteiger partial charge in [0.05, 0.1) is 29.3 Å². The molecule has 2 atom stereocenters. The molecule has 1 fully saturated rings. The molecular formula is C25H26N6O. The maximum Gasteiger partial charge on any atom is 0.224 e. The van der Waals surface area contributed by atoms with Gasteiger partial charge in [0, 0.05) is 49.3 Å². The van der Waals surface area contributed by atoms with Crippen molar-refractivity contribution in [1.29, 1.82) is 0 Å². The molecular weight excluding hydrogens is 400 g/mol. The highest BCUT2D eigenvalue weighted by Gasteiger charge is 2.31. The fourth-order valence-corrected chi connectivity index (χ4v) is 5.20. The summed E-state index contributed by atoms with van der Waals surface area (Å²) in [4.78, 5) is 19.8. The van der Waals surface area contributed by atoms with Crippen molar-refractivity contribution >= 4 is 33.9 Å². The van der Waals surface area contributed by atoms with Crippen molar-refractivity contribution in [2.75, 3.05) is 13.1 Å². The Hall–Kier alpha value is -3.48. The summed E-state index contributed by atoms with van der Waals surface area (Å²) in [5.74, 6) is 0.688. The van der Waals surface area contributed by atoms with Gasteiger partial charge in [0.1, 0.15) is 5.52 Å². The zero-order chi connectivity index (χ0) is 21.7. The lowest BCUT2D eigenvalue weighted by Crippen LogP contribution is -2.44. The number of nitrogens with zero attached hydrogens (tertiary/aromatic N) is 6. The standard InChI is InChI=1S/C25H26N6O/c1-17-9-12-29(24(32)11-14-31-22-8-3-2-6-21(22)27-28-31)16-23(17)30-13-10-18-15-26-20-7-4-5-19(20)25(18)30/h2-6,8,10,13,15,17,23H,7,9,11-12,14,16H2,1H3/t17-,23+/m1/s1. The minimum atomic E-state index is 0.185. The smallest absolute Gasteiger partial charge is 0.224 e. The molecule has 1 saturated heterocycles. The Morgan fingerprint density at radius 1 is 1.22 bits per heavy atom. The molecule has 0 spiro atoms. The number of likely N-dealkylation sites (tertiary alicyclic amines) is 1. The highest BCUT2D eigenvalue weighted by molar-refractivity contribution is 5.90. The van der Waals surface area contributed by atoms with E-state index in [1.807, 2.05) is 40.0 Å². The van der Waals surface area contributed by atoms with Gasteiger partial charge in [0.25, 0.3) is 0 Å². The summed E-state index contributed by atoms with van der Waals surface area (Å²) in [6.07, 6.45) is 10.9. The normalized spacial score (nSPS) is 20.3. The van der Waals surface area contributed by atoms with Crippen LogP contribution in [-0.4, -0.2) is 48.4 Å². The van der Waals surface area contributed by atoms with Crippen LogP contribution in [0.15, 0.2) is 48.8 Å². The second-order valence-electron chi connectivity index (χ2n) is 8.98. The molecule has 4 aromatic rings. The van der Waals surface area contributed by atoms with Crippen LogP contribution in [0.5, 0.6) is 0 Å². The maximum atomic E-state index is 13.1. The lowest BCUT2D eigenvalue weighted by atomic mass is 9.92. The molecule has 0 saturated carbocycles. The molecule has 7 heteroatoms. The zero-order valence-corrected chi connectivity index (χ0v) is 18.2. The number of hydrogen-bond acceptors (Lipinski definition) is 4. The Morgan fingerprint density at radius 3 is 3.06 bits per heavy atom. The topological polar surface area (TPSA) is 68.8 Å². The van der Waals surface area contributed by atoms with Gasteiger partial charge in [-0.15, -0.1) is 5.10 Å². The molecule has 162 valence electrons. The predicted octanol–water partition coefficient (Wildman–Crippen LogP) is 3.85. The van der Waals surface area contributed by atoms with E-state index >= 15 is 0 Å². The fourth-order valence-electron chi connectivity index (χ4n) is 5.20. The number of piperidine rings is 1. The van der Waals surface area contributed by atoms with Gasteiger partial charge in [-0.2, -0.15) is 0 Å². The number of allylic oxidation sites excluding steroid dienone is 1. The van der Waals surface area contributed by atoms with Gasteiger partial charge in [-0.1, -0.05) is 36.4 Å². The van der Waals surface area contributed by atoms with Crippen molar-refractivity contribution in [1.82, 2.24) is 29.4 Å². The van der Waals surface area contributed by atoms with Crippen molar-refractivity contribution in [3.05, 3.63) is 60.1 Å². The fraction of sp³-hybridized carbons (Fsp3) is 0.360. The summed E-state index contributed by atoms with van der Waals surface area (Å²) >= 11 is 0. The Balaban J connectivity index is 1.22. The molecule has 7 nitrogen and oxygen atoms in total. The van der Waals surface area contributed by atoms with Crippen LogP contribution in [0.25, 0.3) is 28.0 Å². The Kier molecular flexibility index (Phi) is 4.56. The molecule has 4 heterocycles. The van der Waals surface area contributed by atoms with Gasteiger partial charge in [0.2, 0.25) is 5.91 Å². The van der Waals surface area contributed by atoms with Gasteiger partial charge in [-0.25, -0.2) is 4.68 Å². The van der Waals surface area contributed by atoms with E-state index in [9.17, 15) is 4.79 Å².